The predicted molar refractivity (Wildman–Crippen MR) is 98.9 cm³/mol. The van der Waals surface area contributed by atoms with Gasteiger partial charge in [0.1, 0.15) is 6.07 Å². The summed E-state index contributed by atoms with van der Waals surface area (Å²) in [7, 11) is 1.49. The third-order valence-electron chi connectivity index (χ3n) is 3.48. The number of ether oxygens (including phenoxy) is 3. The van der Waals surface area contributed by atoms with E-state index in [1.54, 1.807) is 18.2 Å². The number of rotatable bonds is 5. The minimum Gasteiger partial charge on any atom is -0.493 e. The highest BCUT2D eigenvalue weighted by Gasteiger charge is 2.24. The van der Waals surface area contributed by atoms with Gasteiger partial charge in [-0.05, 0) is 51.8 Å². The minimum absolute atomic E-state index is 0.105. The molecule has 7 heteroatoms. The molecule has 0 spiro atoms. The van der Waals surface area contributed by atoms with Crippen LogP contribution in [-0.4, -0.2) is 25.6 Å². The van der Waals surface area contributed by atoms with Crippen LogP contribution in [0.25, 0.3) is 6.08 Å². The van der Waals surface area contributed by atoms with E-state index in [0.29, 0.717) is 21.5 Å². The summed E-state index contributed by atoms with van der Waals surface area (Å²) in [5, 5.41) is 8.67. The molecule has 0 atom stereocenters. The lowest BCUT2D eigenvalue weighted by atomic mass is 10.1. The van der Waals surface area contributed by atoms with Crippen LogP contribution < -0.4 is 9.47 Å². The molecule has 6 nitrogen and oxygen atoms in total. The average molecular weight is 413 g/mol. The number of methoxy groups -OCH3 is 1. The van der Waals surface area contributed by atoms with Crippen LogP contribution in [0.1, 0.15) is 11.1 Å². The van der Waals surface area contributed by atoms with Crippen molar-refractivity contribution >= 4 is 33.9 Å². The van der Waals surface area contributed by atoms with Gasteiger partial charge < -0.3 is 14.2 Å². The highest BCUT2D eigenvalue weighted by atomic mass is 79.9. The lowest BCUT2D eigenvalue weighted by molar-refractivity contribution is -0.129. The van der Waals surface area contributed by atoms with Crippen LogP contribution in [0.15, 0.2) is 57.6 Å². The highest BCUT2D eigenvalue weighted by molar-refractivity contribution is 9.10. The van der Waals surface area contributed by atoms with Crippen molar-refractivity contribution < 1.29 is 19.0 Å². The van der Waals surface area contributed by atoms with E-state index in [-0.39, 0.29) is 18.2 Å². The van der Waals surface area contributed by atoms with Gasteiger partial charge in [-0.2, -0.15) is 5.26 Å². The van der Waals surface area contributed by atoms with Crippen molar-refractivity contribution in [3.8, 4) is 17.6 Å². The molecule has 1 aliphatic rings. The van der Waals surface area contributed by atoms with E-state index < -0.39 is 5.97 Å². The maximum absolute atomic E-state index is 12.1. The zero-order valence-corrected chi connectivity index (χ0v) is 15.3. The van der Waals surface area contributed by atoms with Gasteiger partial charge in [-0.1, -0.05) is 18.2 Å². The summed E-state index contributed by atoms with van der Waals surface area (Å²) in [6.07, 6.45) is 1.60. The molecule has 3 rings (SSSR count). The fourth-order valence-electron chi connectivity index (χ4n) is 2.34. The second-order valence-electron chi connectivity index (χ2n) is 5.18. The molecule has 0 saturated carbocycles. The molecule has 130 valence electrons. The fourth-order valence-corrected chi connectivity index (χ4v) is 2.91. The van der Waals surface area contributed by atoms with E-state index in [1.165, 1.54) is 7.11 Å². The van der Waals surface area contributed by atoms with Crippen LogP contribution in [0, 0.1) is 11.3 Å². The van der Waals surface area contributed by atoms with Gasteiger partial charge in [0.25, 0.3) is 0 Å². The summed E-state index contributed by atoms with van der Waals surface area (Å²) in [6.45, 7) is -0.105. The van der Waals surface area contributed by atoms with Crippen LogP contribution in [0.2, 0.25) is 0 Å². The molecule has 0 aromatic heterocycles. The first kappa shape index (κ1) is 17.7. The van der Waals surface area contributed by atoms with Gasteiger partial charge >= 0.3 is 5.97 Å². The first-order chi connectivity index (χ1) is 12.6. The lowest BCUT2D eigenvalue weighted by Crippen LogP contribution is -2.05. The second-order valence-corrected chi connectivity index (χ2v) is 6.04. The van der Waals surface area contributed by atoms with Gasteiger partial charge in [-0.25, -0.2) is 9.79 Å². The monoisotopic (exact) mass is 412 g/mol. The molecule has 0 saturated heterocycles. The number of esters is 1. The molecular formula is C19H13BrN2O4. The van der Waals surface area contributed by atoms with E-state index in [1.807, 2.05) is 36.4 Å². The predicted octanol–water partition coefficient (Wildman–Crippen LogP) is 3.70. The van der Waals surface area contributed by atoms with Crippen LogP contribution in [0.4, 0.5) is 0 Å². The van der Waals surface area contributed by atoms with E-state index in [4.69, 9.17) is 19.5 Å². The van der Waals surface area contributed by atoms with Crippen molar-refractivity contribution in [2.75, 3.05) is 13.7 Å². The second kappa shape index (κ2) is 7.85. The highest BCUT2D eigenvalue weighted by Crippen LogP contribution is 2.37. The molecule has 0 aliphatic carbocycles. The lowest BCUT2D eigenvalue weighted by Gasteiger charge is -2.11. The van der Waals surface area contributed by atoms with Crippen molar-refractivity contribution in [2.24, 2.45) is 4.99 Å². The molecule has 26 heavy (non-hydrogen) atoms. The smallest absolute Gasteiger partial charge is 0.363 e. The van der Waals surface area contributed by atoms with Crippen molar-refractivity contribution in [2.45, 2.75) is 0 Å². The van der Waals surface area contributed by atoms with Crippen LogP contribution in [-0.2, 0) is 9.53 Å². The SMILES string of the molecule is COc1cc(C=C2N=C(c3ccccc3)OC2=O)cc(Br)c1OCC#N. The molecule has 2 aromatic rings. The quantitative estimate of drug-likeness (QED) is 0.552. The number of nitriles is 1. The topological polar surface area (TPSA) is 80.9 Å². The molecule has 0 N–H and O–H groups in total. The maximum Gasteiger partial charge on any atom is 0.363 e. The molecule has 1 aliphatic heterocycles. The third kappa shape index (κ3) is 3.76. The van der Waals surface area contributed by atoms with Gasteiger partial charge in [0.05, 0.1) is 11.6 Å². The van der Waals surface area contributed by atoms with Gasteiger partial charge in [0, 0.05) is 5.56 Å². The molecule has 0 radical (unpaired) electrons. The summed E-state index contributed by atoms with van der Waals surface area (Å²) in [6, 6.07) is 14.5. The number of carbonyl (C=O) groups excluding carboxylic acids is 1. The summed E-state index contributed by atoms with van der Waals surface area (Å²) >= 11 is 3.39. The van der Waals surface area contributed by atoms with E-state index >= 15 is 0 Å². The molecule has 1 heterocycles. The van der Waals surface area contributed by atoms with E-state index in [0.717, 1.165) is 5.56 Å². The molecule has 0 amide bonds. The standard InChI is InChI=1S/C19H13BrN2O4/c1-24-16-11-12(9-14(20)17(16)25-8-7-21)10-15-19(23)26-18(22-15)13-5-3-2-4-6-13/h2-6,9-11H,8H2,1H3. The number of aliphatic imine (C=N–C) groups is 1. The number of halogens is 1. The van der Waals surface area contributed by atoms with Crippen LogP contribution in [0.3, 0.4) is 0 Å². The molecular weight excluding hydrogens is 400 g/mol. The Morgan fingerprint density at radius 1 is 1.31 bits per heavy atom. The molecule has 0 fully saturated rings. The fraction of sp³-hybridized carbons (Fsp3) is 0.105. The minimum atomic E-state index is -0.524. The molecule has 0 bridgehead atoms. The van der Waals surface area contributed by atoms with Crippen LogP contribution in [0.5, 0.6) is 11.5 Å². The number of hydrogen-bond donors (Lipinski definition) is 0. The Hall–Kier alpha value is -3.11. The zero-order valence-electron chi connectivity index (χ0n) is 13.7. The van der Waals surface area contributed by atoms with Crippen molar-refractivity contribution in [3.63, 3.8) is 0 Å². The van der Waals surface area contributed by atoms with Crippen LogP contribution >= 0.6 is 15.9 Å². The number of benzene rings is 2. The van der Waals surface area contributed by atoms with Gasteiger partial charge in [-0.3, -0.25) is 0 Å². The van der Waals surface area contributed by atoms with E-state index in [9.17, 15) is 4.79 Å². The first-order valence-electron chi connectivity index (χ1n) is 7.57. The van der Waals surface area contributed by atoms with E-state index in [2.05, 4.69) is 20.9 Å². The summed E-state index contributed by atoms with van der Waals surface area (Å²) < 4.78 is 16.5. The van der Waals surface area contributed by atoms with Gasteiger partial charge in [0.2, 0.25) is 5.90 Å². The van der Waals surface area contributed by atoms with Gasteiger partial charge in [0.15, 0.2) is 23.8 Å². The Bertz CT molecular complexity index is 946. The van der Waals surface area contributed by atoms with Crippen molar-refractivity contribution in [1.82, 2.24) is 0 Å². The van der Waals surface area contributed by atoms with Gasteiger partial charge in [-0.15, -0.1) is 0 Å². The third-order valence-corrected chi connectivity index (χ3v) is 4.07. The molecule has 0 unspecified atom stereocenters. The zero-order chi connectivity index (χ0) is 18.5. The largest absolute Gasteiger partial charge is 0.493 e. The van der Waals surface area contributed by atoms with Crippen molar-refractivity contribution in [1.29, 1.82) is 5.26 Å². The Labute approximate surface area is 158 Å². The summed E-state index contributed by atoms with van der Waals surface area (Å²) in [5.74, 6) is 0.587. The first-order valence-corrected chi connectivity index (χ1v) is 8.37. The maximum atomic E-state index is 12.1. The molecule has 2 aromatic carbocycles. The normalized spacial score (nSPS) is 14.6. The summed E-state index contributed by atoms with van der Waals surface area (Å²) in [5.41, 5.74) is 1.58. The Kier molecular flexibility index (Phi) is 5.34. The Balaban J connectivity index is 1.94. The summed E-state index contributed by atoms with van der Waals surface area (Å²) in [4.78, 5) is 16.4. The van der Waals surface area contributed by atoms with Crippen molar-refractivity contribution in [3.05, 3.63) is 63.8 Å². The number of cyclic esters (lactones) is 1. The average Bonchev–Trinajstić information content (AvgIpc) is 3.02. The number of carbonyl (C=O) groups is 1. The Morgan fingerprint density at radius 3 is 2.77 bits per heavy atom. The Morgan fingerprint density at radius 2 is 2.08 bits per heavy atom. The number of hydrogen-bond acceptors (Lipinski definition) is 6. The number of nitrogens with zero attached hydrogens (tertiary/aromatic N) is 2.